The number of carbonyl (C=O) groups excluding carboxylic acids is 2. The van der Waals surface area contributed by atoms with Gasteiger partial charge in [-0.15, -0.1) is 0 Å². The van der Waals surface area contributed by atoms with Crippen molar-refractivity contribution in [1.82, 2.24) is 10.3 Å². The summed E-state index contributed by atoms with van der Waals surface area (Å²) in [7, 11) is 1.55. The van der Waals surface area contributed by atoms with Crippen LogP contribution in [0, 0.1) is 5.92 Å². The van der Waals surface area contributed by atoms with Crippen molar-refractivity contribution >= 4 is 29.0 Å². The number of pyridine rings is 1. The number of nitrogens with one attached hydrogen (secondary N) is 3. The van der Waals surface area contributed by atoms with E-state index in [1.807, 2.05) is 24.3 Å². The summed E-state index contributed by atoms with van der Waals surface area (Å²) in [5.74, 6) is 0.974. The zero-order chi connectivity index (χ0) is 16.7. The molecular formula is C17H16N4O3. The summed E-state index contributed by atoms with van der Waals surface area (Å²) in [5.41, 5.74) is 1.60. The number of nitrogens with zero attached hydrogens (tertiary/aromatic N) is 1. The number of hydrogen-bond donors (Lipinski definition) is 3. The number of ether oxygens (including phenoxy) is 1. The maximum absolute atomic E-state index is 12.1. The molecule has 1 aromatic heterocycles. The van der Waals surface area contributed by atoms with Gasteiger partial charge in [0.1, 0.15) is 5.69 Å². The monoisotopic (exact) mass is 324 g/mol. The Morgan fingerprint density at radius 2 is 2.08 bits per heavy atom. The van der Waals surface area contributed by atoms with Crippen molar-refractivity contribution in [3.05, 3.63) is 36.0 Å². The minimum Gasteiger partial charge on any atom is -0.449 e. The fraction of sp³-hybridized carbons (Fsp3) is 0.235. The van der Waals surface area contributed by atoms with Gasteiger partial charge in [0, 0.05) is 19.2 Å². The van der Waals surface area contributed by atoms with E-state index in [1.54, 1.807) is 7.05 Å². The fourth-order valence-electron chi connectivity index (χ4n) is 2.58. The molecule has 2 aliphatic rings. The lowest BCUT2D eigenvalue weighted by Gasteiger charge is -2.25. The van der Waals surface area contributed by atoms with Gasteiger partial charge in [-0.1, -0.05) is 12.1 Å². The number of benzene rings is 1. The smallest absolute Gasteiger partial charge is 0.254 e. The quantitative estimate of drug-likeness (QED) is 0.689. The predicted octanol–water partition coefficient (Wildman–Crippen LogP) is 2.64. The van der Waals surface area contributed by atoms with Crippen LogP contribution in [0.3, 0.4) is 0 Å². The molecule has 4 rings (SSSR count). The Hall–Kier alpha value is -3.09. The van der Waals surface area contributed by atoms with Gasteiger partial charge < -0.3 is 20.7 Å². The van der Waals surface area contributed by atoms with Crippen molar-refractivity contribution in [1.29, 1.82) is 0 Å². The molecule has 0 atom stereocenters. The molecule has 1 saturated carbocycles. The maximum atomic E-state index is 12.1. The van der Waals surface area contributed by atoms with Crippen molar-refractivity contribution in [3.63, 3.8) is 0 Å². The number of rotatable bonds is 3. The van der Waals surface area contributed by atoms with Gasteiger partial charge in [0.15, 0.2) is 17.3 Å². The number of fused-ring (bicyclic) bond motifs is 2. The van der Waals surface area contributed by atoms with E-state index in [0.717, 1.165) is 18.5 Å². The van der Waals surface area contributed by atoms with Crippen LogP contribution in [0.15, 0.2) is 30.5 Å². The third-order valence-corrected chi connectivity index (χ3v) is 4.05. The van der Waals surface area contributed by atoms with E-state index in [4.69, 9.17) is 4.74 Å². The number of hydrogen-bond acceptors (Lipinski definition) is 5. The second-order valence-corrected chi connectivity index (χ2v) is 5.79. The van der Waals surface area contributed by atoms with Crippen LogP contribution in [0.4, 0.5) is 17.2 Å². The Bertz CT molecular complexity index is 846. The van der Waals surface area contributed by atoms with E-state index in [-0.39, 0.29) is 17.7 Å². The largest absolute Gasteiger partial charge is 0.449 e. The second kappa shape index (κ2) is 5.52. The first-order valence-corrected chi connectivity index (χ1v) is 7.77. The number of para-hydroxylation sites is 2. The highest BCUT2D eigenvalue weighted by Crippen LogP contribution is 2.47. The standard InChI is InChI=1S/C17H16N4O3/c1-18-17(23)10-8-19-15(21-16(22)9-6-7-9)14-13(10)20-11-4-2-3-5-12(11)24-14/h2-5,8-9,20H,6-7H2,1H3,(H,18,23)(H,19,21,22). The molecule has 3 N–H and O–H groups in total. The normalized spacial score (nSPS) is 14.5. The summed E-state index contributed by atoms with van der Waals surface area (Å²) >= 11 is 0. The topological polar surface area (TPSA) is 92.4 Å². The van der Waals surface area contributed by atoms with Crippen LogP contribution < -0.4 is 20.7 Å². The number of aromatic nitrogens is 1. The Kier molecular flexibility index (Phi) is 3.34. The third kappa shape index (κ3) is 2.44. The SMILES string of the molecule is CNC(=O)c1cnc(NC(=O)C2CC2)c2c1Nc1ccccc1O2. The highest BCUT2D eigenvalue weighted by molar-refractivity contribution is 6.04. The Morgan fingerprint density at radius 3 is 2.83 bits per heavy atom. The van der Waals surface area contributed by atoms with Crippen molar-refractivity contribution in [2.24, 2.45) is 5.92 Å². The van der Waals surface area contributed by atoms with E-state index >= 15 is 0 Å². The molecular weight excluding hydrogens is 308 g/mol. The summed E-state index contributed by atoms with van der Waals surface area (Å²) in [6.07, 6.45) is 3.23. The molecule has 2 heterocycles. The first kappa shape index (κ1) is 14.5. The molecule has 1 aliphatic carbocycles. The summed E-state index contributed by atoms with van der Waals surface area (Å²) in [5, 5.41) is 8.59. The summed E-state index contributed by atoms with van der Waals surface area (Å²) < 4.78 is 5.93. The minimum atomic E-state index is -0.283. The average molecular weight is 324 g/mol. The third-order valence-electron chi connectivity index (χ3n) is 4.05. The molecule has 0 bridgehead atoms. The highest BCUT2D eigenvalue weighted by atomic mass is 16.5. The Morgan fingerprint density at radius 1 is 1.29 bits per heavy atom. The van der Waals surface area contributed by atoms with E-state index < -0.39 is 0 Å². The van der Waals surface area contributed by atoms with Gasteiger partial charge in [-0.2, -0.15) is 0 Å². The second-order valence-electron chi connectivity index (χ2n) is 5.79. The predicted molar refractivity (Wildman–Crippen MR) is 88.8 cm³/mol. The first-order chi connectivity index (χ1) is 11.7. The van der Waals surface area contributed by atoms with Crippen molar-refractivity contribution < 1.29 is 14.3 Å². The van der Waals surface area contributed by atoms with Gasteiger partial charge >= 0.3 is 0 Å². The summed E-state index contributed by atoms with van der Waals surface area (Å²) in [6, 6.07) is 7.39. The molecule has 2 aromatic rings. The van der Waals surface area contributed by atoms with Crippen LogP contribution in [-0.4, -0.2) is 23.8 Å². The highest BCUT2D eigenvalue weighted by Gasteiger charge is 2.32. The van der Waals surface area contributed by atoms with Gasteiger partial charge in [-0.3, -0.25) is 9.59 Å². The van der Waals surface area contributed by atoms with Gasteiger partial charge in [-0.25, -0.2) is 4.98 Å². The molecule has 7 heteroatoms. The lowest BCUT2D eigenvalue weighted by atomic mass is 10.1. The molecule has 1 aliphatic heterocycles. The molecule has 122 valence electrons. The van der Waals surface area contributed by atoms with Crippen molar-refractivity contribution in [3.8, 4) is 11.5 Å². The number of carbonyl (C=O) groups is 2. The lowest BCUT2D eigenvalue weighted by Crippen LogP contribution is -2.22. The van der Waals surface area contributed by atoms with E-state index in [0.29, 0.717) is 28.6 Å². The molecule has 0 saturated heterocycles. The van der Waals surface area contributed by atoms with E-state index in [2.05, 4.69) is 20.9 Å². The molecule has 1 fully saturated rings. The first-order valence-electron chi connectivity index (χ1n) is 7.77. The average Bonchev–Trinajstić information content (AvgIpc) is 3.45. The van der Waals surface area contributed by atoms with E-state index in [1.165, 1.54) is 6.20 Å². The molecule has 0 radical (unpaired) electrons. The van der Waals surface area contributed by atoms with Crippen LogP contribution in [0.5, 0.6) is 11.5 Å². The Labute approximate surface area is 138 Å². The van der Waals surface area contributed by atoms with Gasteiger partial charge in [-0.05, 0) is 25.0 Å². The van der Waals surface area contributed by atoms with Crippen molar-refractivity contribution in [2.45, 2.75) is 12.8 Å². The zero-order valence-corrected chi connectivity index (χ0v) is 13.1. The Balaban J connectivity index is 1.78. The summed E-state index contributed by atoms with van der Waals surface area (Å²) in [4.78, 5) is 28.4. The maximum Gasteiger partial charge on any atom is 0.254 e. The number of anilines is 3. The summed E-state index contributed by atoms with van der Waals surface area (Å²) in [6.45, 7) is 0. The van der Waals surface area contributed by atoms with Crippen LogP contribution in [0.25, 0.3) is 0 Å². The molecule has 1 aromatic carbocycles. The zero-order valence-electron chi connectivity index (χ0n) is 13.1. The molecule has 0 unspecified atom stereocenters. The van der Waals surface area contributed by atoms with Gasteiger partial charge in [0.2, 0.25) is 5.91 Å². The lowest BCUT2D eigenvalue weighted by molar-refractivity contribution is -0.117. The molecule has 0 spiro atoms. The van der Waals surface area contributed by atoms with Gasteiger partial charge in [0.05, 0.1) is 11.3 Å². The van der Waals surface area contributed by atoms with Crippen LogP contribution in [0.2, 0.25) is 0 Å². The number of amides is 2. The van der Waals surface area contributed by atoms with Gasteiger partial charge in [0.25, 0.3) is 5.91 Å². The van der Waals surface area contributed by atoms with Crippen LogP contribution >= 0.6 is 0 Å². The van der Waals surface area contributed by atoms with Crippen LogP contribution in [0.1, 0.15) is 23.2 Å². The van der Waals surface area contributed by atoms with Crippen LogP contribution in [-0.2, 0) is 4.79 Å². The van der Waals surface area contributed by atoms with Crippen molar-refractivity contribution in [2.75, 3.05) is 17.7 Å². The molecule has 2 amide bonds. The van der Waals surface area contributed by atoms with E-state index in [9.17, 15) is 9.59 Å². The molecule has 7 nitrogen and oxygen atoms in total. The minimum absolute atomic E-state index is 0.0462. The fourth-order valence-corrected chi connectivity index (χ4v) is 2.58. The molecule has 24 heavy (non-hydrogen) atoms.